The van der Waals surface area contributed by atoms with Crippen molar-refractivity contribution in [3.63, 3.8) is 0 Å². The largest absolute Gasteiger partial charge is 0.469 e. The number of benzene rings is 1. The number of nitrogens with one attached hydrogen (secondary N) is 1. The number of hydrogen-bond acceptors (Lipinski definition) is 6. The molecular weight excluding hydrogens is 280 g/mol. The lowest BCUT2D eigenvalue weighted by Crippen LogP contribution is -2.04. The van der Waals surface area contributed by atoms with Gasteiger partial charge in [-0.1, -0.05) is 12.1 Å². The molecular formula is C13H14N2O2S2. The fourth-order valence-electron chi connectivity index (χ4n) is 1.53. The summed E-state index contributed by atoms with van der Waals surface area (Å²) < 4.78 is 4.62. The van der Waals surface area contributed by atoms with Crippen molar-refractivity contribution in [1.29, 1.82) is 0 Å². The van der Waals surface area contributed by atoms with Gasteiger partial charge in [0.25, 0.3) is 0 Å². The van der Waals surface area contributed by atoms with Crippen LogP contribution in [0, 0.1) is 0 Å². The van der Waals surface area contributed by atoms with Gasteiger partial charge in [-0.3, -0.25) is 4.79 Å². The van der Waals surface area contributed by atoms with Crippen molar-refractivity contribution < 1.29 is 9.53 Å². The normalized spacial score (nSPS) is 10.2. The standard InChI is InChI=1S/C13H14N2O2S2/c1-17-12(16)7-9-8-19-13(14-9)15-10-5-3-4-6-11(10)18-2/h3-6,8H,7H2,1-2H3,(H,14,15). The summed E-state index contributed by atoms with van der Waals surface area (Å²) in [5.41, 5.74) is 1.75. The summed E-state index contributed by atoms with van der Waals surface area (Å²) in [6, 6.07) is 8.04. The zero-order valence-corrected chi connectivity index (χ0v) is 12.3. The average molecular weight is 294 g/mol. The predicted octanol–water partition coefficient (Wildman–Crippen LogP) is 3.32. The van der Waals surface area contributed by atoms with Gasteiger partial charge in [0, 0.05) is 10.3 Å². The van der Waals surface area contributed by atoms with Crippen LogP contribution in [0.3, 0.4) is 0 Å². The smallest absolute Gasteiger partial charge is 0.311 e. The van der Waals surface area contributed by atoms with E-state index in [-0.39, 0.29) is 12.4 Å². The van der Waals surface area contributed by atoms with E-state index in [2.05, 4.69) is 21.1 Å². The van der Waals surface area contributed by atoms with Gasteiger partial charge >= 0.3 is 5.97 Å². The molecule has 4 nitrogen and oxygen atoms in total. The van der Waals surface area contributed by atoms with Crippen LogP contribution in [0.1, 0.15) is 5.69 Å². The molecule has 19 heavy (non-hydrogen) atoms. The fourth-order valence-corrected chi connectivity index (χ4v) is 2.80. The van der Waals surface area contributed by atoms with Crippen molar-refractivity contribution in [3.05, 3.63) is 35.3 Å². The van der Waals surface area contributed by atoms with Crippen molar-refractivity contribution in [2.45, 2.75) is 11.3 Å². The Kier molecular flexibility index (Phi) is 4.81. The monoisotopic (exact) mass is 294 g/mol. The molecule has 0 atom stereocenters. The Labute approximate surface area is 120 Å². The van der Waals surface area contributed by atoms with Crippen LogP contribution in [0.15, 0.2) is 34.5 Å². The van der Waals surface area contributed by atoms with Crippen molar-refractivity contribution in [3.8, 4) is 0 Å². The zero-order chi connectivity index (χ0) is 13.7. The highest BCUT2D eigenvalue weighted by Gasteiger charge is 2.08. The summed E-state index contributed by atoms with van der Waals surface area (Å²) in [4.78, 5) is 16.7. The fraction of sp³-hybridized carbons (Fsp3) is 0.231. The molecule has 1 aromatic heterocycles. The lowest BCUT2D eigenvalue weighted by Gasteiger charge is -2.07. The lowest BCUT2D eigenvalue weighted by molar-refractivity contribution is -0.139. The van der Waals surface area contributed by atoms with E-state index >= 15 is 0 Å². The number of thiazole rings is 1. The first-order valence-electron chi connectivity index (χ1n) is 5.64. The lowest BCUT2D eigenvalue weighted by atomic mass is 10.3. The summed E-state index contributed by atoms with van der Waals surface area (Å²) in [7, 11) is 1.38. The van der Waals surface area contributed by atoms with Crippen molar-refractivity contribution in [2.75, 3.05) is 18.7 Å². The number of para-hydroxylation sites is 1. The summed E-state index contributed by atoms with van der Waals surface area (Å²) in [6.07, 6.45) is 2.24. The average Bonchev–Trinajstić information content (AvgIpc) is 2.86. The first kappa shape index (κ1) is 13.9. The first-order chi connectivity index (χ1) is 9.22. The highest BCUT2D eigenvalue weighted by atomic mass is 32.2. The van der Waals surface area contributed by atoms with E-state index in [1.54, 1.807) is 11.8 Å². The summed E-state index contributed by atoms with van der Waals surface area (Å²) in [5, 5.41) is 5.91. The molecule has 2 rings (SSSR count). The van der Waals surface area contributed by atoms with E-state index in [0.717, 1.165) is 21.4 Å². The molecule has 1 aromatic carbocycles. The Morgan fingerprint density at radius 1 is 1.47 bits per heavy atom. The van der Waals surface area contributed by atoms with Crippen LogP contribution in [0.4, 0.5) is 10.8 Å². The number of rotatable bonds is 5. The number of carbonyl (C=O) groups is 1. The maximum atomic E-state index is 11.2. The Morgan fingerprint density at radius 3 is 3.00 bits per heavy atom. The number of ether oxygens (including phenoxy) is 1. The topological polar surface area (TPSA) is 51.2 Å². The van der Waals surface area contributed by atoms with Crippen LogP contribution in [-0.2, 0) is 16.0 Å². The zero-order valence-electron chi connectivity index (χ0n) is 10.7. The number of methoxy groups -OCH3 is 1. The molecule has 100 valence electrons. The van der Waals surface area contributed by atoms with E-state index in [4.69, 9.17) is 0 Å². The third-order valence-electron chi connectivity index (χ3n) is 2.45. The minimum atomic E-state index is -0.277. The molecule has 0 bridgehead atoms. The Morgan fingerprint density at radius 2 is 2.26 bits per heavy atom. The second-order valence-electron chi connectivity index (χ2n) is 3.72. The third kappa shape index (κ3) is 3.71. The van der Waals surface area contributed by atoms with Crippen LogP contribution in [0.5, 0.6) is 0 Å². The Hall–Kier alpha value is -1.53. The highest BCUT2D eigenvalue weighted by Crippen LogP contribution is 2.29. The third-order valence-corrected chi connectivity index (χ3v) is 4.06. The van der Waals surface area contributed by atoms with Crippen LogP contribution in [-0.4, -0.2) is 24.3 Å². The number of hydrogen-bond donors (Lipinski definition) is 1. The van der Waals surface area contributed by atoms with Crippen LogP contribution in [0.2, 0.25) is 0 Å². The molecule has 0 saturated heterocycles. The molecule has 2 aromatic rings. The van der Waals surface area contributed by atoms with Gasteiger partial charge in [0.2, 0.25) is 0 Å². The Balaban J connectivity index is 2.09. The van der Waals surface area contributed by atoms with E-state index in [1.165, 1.54) is 18.4 Å². The molecule has 0 fully saturated rings. The molecule has 0 aliphatic heterocycles. The molecule has 0 aliphatic rings. The molecule has 0 unspecified atom stereocenters. The van der Waals surface area contributed by atoms with Gasteiger partial charge in [0.1, 0.15) is 0 Å². The van der Waals surface area contributed by atoms with Crippen molar-refractivity contribution in [1.82, 2.24) is 4.98 Å². The second-order valence-corrected chi connectivity index (χ2v) is 5.43. The van der Waals surface area contributed by atoms with Gasteiger partial charge < -0.3 is 10.1 Å². The first-order valence-corrected chi connectivity index (χ1v) is 7.74. The minimum absolute atomic E-state index is 0.207. The van der Waals surface area contributed by atoms with Gasteiger partial charge in [0.05, 0.1) is 24.9 Å². The molecule has 0 saturated carbocycles. The number of aromatic nitrogens is 1. The predicted molar refractivity (Wildman–Crippen MR) is 79.3 cm³/mol. The van der Waals surface area contributed by atoms with Crippen molar-refractivity contribution in [2.24, 2.45) is 0 Å². The van der Waals surface area contributed by atoms with Gasteiger partial charge in [-0.25, -0.2) is 4.98 Å². The van der Waals surface area contributed by atoms with Gasteiger partial charge in [-0.2, -0.15) is 0 Å². The van der Waals surface area contributed by atoms with Crippen LogP contribution < -0.4 is 5.32 Å². The molecule has 0 radical (unpaired) electrons. The maximum absolute atomic E-state index is 11.2. The van der Waals surface area contributed by atoms with Crippen LogP contribution >= 0.6 is 23.1 Å². The van der Waals surface area contributed by atoms with Crippen LogP contribution in [0.25, 0.3) is 0 Å². The van der Waals surface area contributed by atoms with E-state index < -0.39 is 0 Å². The molecule has 1 N–H and O–H groups in total. The number of nitrogens with zero attached hydrogens (tertiary/aromatic N) is 1. The highest BCUT2D eigenvalue weighted by molar-refractivity contribution is 7.98. The Bertz CT molecular complexity index is 569. The van der Waals surface area contributed by atoms with E-state index in [1.807, 2.05) is 29.8 Å². The number of carbonyl (C=O) groups excluding carboxylic acids is 1. The second kappa shape index (κ2) is 6.58. The molecule has 0 spiro atoms. The van der Waals surface area contributed by atoms with Gasteiger partial charge in [-0.05, 0) is 18.4 Å². The molecule has 6 heteroatoms. The molecule has 0 amide bonds. The van der Waals surface area contributed by atoms with E-state index in [9.17, 15) is 4.79 Å². The minimum Gasteiger partial charge on any atom is -0.469 e. The summed E-state index contributed by atoms with van der Waals surface area (Å²) in [6.45, 7) is 0. The molecule has 0 aliphatic carbocycles. The number of esters is 1. The maximum Gasteiger partial charge on any atom is 0.311 e. The van der Waals surface area contributed by atoms with E-state index in [0.29, 0.717) is 0 Å². The quantitative estimate of drug-likeness (QED) is 0.677. The SMILES string of the molecule is COC(=O)Cc1csc(Nc2ccccc2SC)n1. The number of anilines is 2. The van der Waals surface area contributed by atoms with Gasteiger partial charge in [-0.15, -0.1) is 23.1 Å². The molecule has 1 heterocycles. The summed E-state index contributed by atoms with van der Waals surface area (Å²) in [5.74, 6) is -0.277. The number of thioether (sulfide) groups is 1. The summed E-state index contributed by atoms with van der Waals surface area (Å²) >= 11 is 3.15. The van der Waals surface area contributed by atoms with Crippen molar-refractivity contribution >= 4 is 39.9 Å². The van der Waals surface area contributed by atoms with Gasteiger partial charge in [0.15, 0.2) is 5.13 Å².